The smallest absolute Gasteiger partial charge is 0.000762 e. The van der Waals surface area contributed by atoms with Gasteiger partial charge in [-0.3, -0.25) is 0 Å². The van der Waals surface area contributed by atoms with E-state index in [2.05, 4.69) is 72.8 Å². The van der Waals surface area contributed by atoms with Gasteiger partial charge in [0.25, 0.3) is 0 Å². The molecule has 0 bridgehead atoms. The molecule has 0 saturated carbocycles. The van der Waals surface area contributed by atoms with Crippen molar-refractivity contribution in [2.75, 3.05) is 0 Å². The number of hydrogen-bond acceptors (Lipinski definition) is 0. The van der Waals surface area contributed by atoms with Crippen molar-refractivity contribution in [3.05, 3.63) is 72.8 Å². The van der Waals surface area contributed by atoms with Crippen LogP contribution in [0.1, 0.15) is 0 Å². The largest absolute Gasteiger partial charge is 0.0537 e. The molecular formula is C24H10. The molecule has 2 radical (unpaired) electrons. The highest BCUT2D eigenvalue weighted by atomic mass is 14.2. The van der Waals surface area contributed by atoms with Crippen molar-refractivity contribution in [1.82, 2.24) is 0 Å². The molecule has 106 valence electrons. The summed E-state index contributed by atoms with van der Waals surface area (Å²) in [6.45, 7) is 0. The first-order valence-electron chi connectivity index (χ1n) is 8.30. The second kappa shape index (κ2) is 3.52. The van der Waals surface area contributed by atoms with Crippen molar-refractivity contribution >= 4 is 64.6 Å². The van der Waals surface area contributed by atoms with Crippen molar-refractivity contribution in [3.63, 3.8) is 0 Å². The zero-order chi connectivity index (χ0) is 15.4. The summed E-state index contributed by atoms with van der Waals surface area (Å²) in [5.74, 6) is 0. The molecule has 0 N–H and O–H groups in total. The topological polar surface area (TPSA) is 0 Å². The van der Waals surface area contributed by atoms with Gasteiger partial charge in [-0.15, -0.1) is 0 Å². The molecule has 0 fully saturated rings. The Labute approximate surface area is 137 Å². The Morgan fingerprint density at radius 1 is 0.375 bits per heavy atom. The van der Waals surface area contributed by atoms with E-state index in [9.17, 15) is 0 Å². The van der Waals surface area contributed by atoms with Crippen molar-refractivity contribution in [2.24, 2.45) is 0 Å². The Bertz CT molecular complexity index is 1140. The molecule has 0 aliphatic carbocycles. The van der Waals surface area contributed by atoms with Crippen molar-refractivity contribution in [3.8, 4) is 0 Å². The lowest BCUT2D eigenvalue weighted by molar-refractivity contribution is 1.79. The highest BCUT2D eigenvalue weighted by Crippen LogP contribution is 2.47. The van der Waals surface area contributed by atoms with Gasteiger partial charge in [0, 0.05) is 0 Å². The molecule has 0 atom stereocenters. The van der Waals surface area contributed by atoms with Crippen LogP contribution in [0.25, 0.3) is 64.6 Å². The standard InChI is InChI=1S/C24H10/c1-2-14-5-6-16-9-11-18-12-10-17-8-7-15-4-3-13(1)19-20(14)22(16)24(18)23(17)21(15)19/h1-6,8,10-12H. The average molecular weight is 298 g/mol. The van der Waals surface area contributed by atoms with Crippen LogP contribution in [-0.4, -0.2) is 0 Å². The molecule has 0 heterocycles. The summed E-state index contributed by atoms with van der Waals surface area (Å²) in [4.78, 5) is 0. The maximum atomic E-state index is 3.50. The first-order valence-corrected chi connectivity index (χ1v) is 8.30. The van der Waals surface area contributed by atoms with E-state index >= 15 is 0 Å². The van der Waals surface area contributed by atoms with Crippen LogP contribution in [0, 0.1) is 12.1 Å². The normalized spacial score (nSPS) is 13.0. The molecule has 7 rings (SSSR count). The molecule has 7 aromatic carbocycles. The Morgan fingerprint density at radius 3 is 1.25 bits per heavy atom. The highest BCUT2D eigenvalue weighted by molar-refractivity contribution is 6.44. The van der Waals surface area contributed by atoms with E-state index in [-0.39, 0.29) is 0 Å². The maximum absolute atomic E-state index is 3.50. The fourth-order valence-corrected chi connectivity index (χ4v) is 4.72. The predicted octanol–water partition coefficient (Wildman–Crippen LogP) is 6.52. The molecular weight excluding hydrogens is 288 g/mol. The van der Waals surface area contributed by atoms with Gasteiger partial charge in [-0.1, -0.05) is 48.5 Å². The third kappa shape index (κ3) is 1.08. The summed E-state index contributed by atoms with van der Waals surface area (Å²) in [6.07, 6.45) is 0. The molecule has 24 heavy (non-hydrogen) atoms. The molecule has 0 aromatic heterocycles. The second-order valence-corrected chi connectivity index (χ2v) is 6.81. The van der Waals surface area contributed by atoms with Gasteiger partial charge >= 0.3 is 0 Å². The fourth-order valence-electron chi connectivity index (χ4n) is 4.72. The summed E-state index contributed by atoms with van der Waals surface area (Å²) in [6, 6.07) is 29.1. The van der Waals surface area contributed by atoms with Crippen LogP contribution in [0.15, 0.2) is 60.7 Å². The predicted molar refractivity (Wildman–Crippen MR) is 103 cm³/mol. The third-order valence-electron chi connectivity index (χ3n) is 5.70. The molecule has 0 unspecified atom stereocenters. The summed E-state index contributed by atoms with van der Waals surface area (Å²) in [7, 11) is 0. The van der Waals surface area contributed by atoms with Crippen LogP contribution in [0.3, 0.4) is 0 Å². The number of hydrogen-bond donors (Lipinski definition) is 0. The molecule has 0 aliphatic heterocycles. The minimum Gasteiger partial charge on any atom is -0.0537 e. The van der Waals surface area contributed by atoms with Gasteiger partial charge < -0.3 is 0 Å². The number of benzene rings is 7. The van der Waals surface area contributed by atoms with Crippen LogP contribution in [-0.2, 0) is 0 Å². The SMILES string of the molecule is [c]1cc2ccc3c[c]c4ccc5ccc6ccc1c1c2c3c4c5c61. The van der Waals surface area contributed by atoms with Crippen molar-refractivity contribution < 1.29 is 0 Å². The van der Waals surface area contributed by atoms with Gasteiger partial charge in [0.05, 0.1) is 0 Å². The first kappa shape index (κ1) is 11.4. The van der Waals surface area contributed by atoms with Crippen molar-refractivity contribution in [1.29, 1.82) is 0 Å². The summed E-state index contributed by atoms with van der Waals surface area (Å²) < 4.78 is 0. The Kier molecular flexibility index (Phi) is 1.67. The molecule has 0 heteroatoms. The van der Waals surface area contributed by atoms with E-state index in [0.29, 0.717) is 0 Å². The third-order valence-corrected chi connectivity index (χ3v) is 5.70. The van der Waals surface area contributed by atoms with E-state index in [0.717, 1.165) is 0 Å². The lowest BCUT2D eigenvalue weighted by atomic mass is 9.83. The molecule has 0 nitrogen and oxygen atoms in total. The van der Waals surface area contributed by atoms with E-state index in [1.807, 2.05) is 0 Å². The van der Waals surface area contributed by atoms with Crippen LogP contribution in [0.5, 0.6) is 0 Å². The minimum absolute atomic E-state index is 1.21. The Morgan fingerprint density at radius 2 is 0.750 bits per heavy atom. The molecule has 0 spiro atoms. The van der Waals surface area contributed by atoms with Gasteiger partial charge in [0.15, 0.2) is 0 Å². The lowest BCUT2D eigenvalue weighted by Crippen LogP contribution is -1.92. The monoisotopic (exact) mass is 298 g/mol. The van der Waals surface area contributed by atoms with Crippen molar-refractivity contribution in [2.45, 2.75) is 0 Å². The lowest BCUT2D eigenvalue weighted by Gasteiger charge is -2.20. The average Bonchev–Trinajstić information content (AvgIpc) is 2.65. The first-order chi connectivity index (χ1) is 11.9. The van der Waals surface area contributed by atoms with Crippen LogP contribution >= 0.6 is 0 Å². The second-order valence-electron chi connectivity index (χ2n) is 6.81. The van der Waals surface area contributed by atoms with Crippen LogP contribution < -0.4 is 0 Å². The molecule has 0 saturated heterocycles. The molecule has 7 aromatic rings. The zero-order valence-corrected chi connectivity index (χ0v) is 12.8. The molecule has 0 amide bonds. The van der Waals surface area contributed by atoms with Gasteiger partial charge in [-0.2, -0.15) is 0 Å². The molecule has 0 aliphatic rings. The minimum atomic E-state index is 1.21. The van der Waals surface area contributed by atoms with Gasteiger partial charge in [0.2, 0.25) is 0 Å². The Balaban J connectivity index is 2.11. The fraction of sp³-hybridized carbons (Fsp3) is 0. The van der Waals surface area contributed by atoms with Crippen LogP contribution in [0.4, 0.5) is 0 Å². The number of rotatable bonds is 0. The van der Waals surface area contributed by atoms with Gasteiger partial charge in [-0.25, -0.2) is 0 Å². The van der Waals surface area contributed by atoms with E-state index in [1.165, 1.54) is 64.6 Å². The zero-order valence-electron chi connectivity index (χ0n) is 12.8. The summed E-state index contributed by atoms with van der Waals surface area (Å²) >= 11 is 0. The summed E-state index contributed by atoms with van der Waals surface area (Å²) in [5, 5.41) is 15.9. The van der Waals surface area contributed by atoms with E-state index < -0.39 is 0 Å². The quantitative estimate of drug-likeness (QED) is 0.221. The van der Waals surface area contributed by atoms with E-state index in [1.54, 1.807) is 0 Å². The highest BCUT2D eigenvalue weighted by Gasteiger charge is 2.19. The Hall–Kier alpha value is -3.12. The summed E-state index contributed by atoms with van der Waals surface area (Å²) in [5.41, 5.74) is 0. The maximum Gasteiger partial charge on any atom is -0.000762 e. The van der Waals surface area contributed by atoms with E-state index in [4.69, 9.17) is 0 Å². The van der Waals surface area contributed by atoms with Crippen LogP contribution in [0.2, 0.25) is 0 Å². The van der Waals surface area contributed by atoms with Gasteiger partial charge in [0.1, 0.15) is 0 Å². The van der Waals surface area contributed by atoms with Gasteiger partial charge in [-0.05, 0) is 88.9 Å².